The molecule has 2 aromatic carbocycles. The van der Waals surface area contributed by atoms with Crippen LogP contribution in [0.5, 0.6) is 5.75 Å². The highest BCUT2D eigenvalue weighted by atomic mass is 35.5. The second-order valence-electron chi connectivity index (χ2n) is 6.63. The SMILES string of the molecule is CCOC(=O)C1=C(COc2cccc(Cl)c2)N(CC)C(=O)N[C@H]1c1ccc(Cl)c(Cl)c1. The van der Waals surface area contributed by atoms with Gasteiger partial charge in [0.2, 0.25) is 0 Å². The summed E-state index contributed by atoms with van der Waals surface area (Å²) < 4.78 is 11.2. The smallest absolute Gasteiger partial charge is 0.338 e. The van der Waals surface area contributed by atoms with Crippen LogP contribution in [0, 0.1) is 0 Å². The topological polar surface area (TPSA) is 67.9 Å². The van der Waals surface area contributed by atoms with Crippen molar-refractivity contribution in [1.29, 1.82) is 0 Å². The second kappa shape index (κ2) is 10.3. The maximum atomic E-state index is 13.0. The van der Waals surface area contributed by atoms with E-state index in [0.717, 1.165) is 0 Å². The molecule has 164 valence electrons. The summed E-state index contributed by atoms with van der Waals surface area (Å²) >= 11 is 18.3. The number of nitrogens with one attached hydrogen (secondary N) is 1. The maximum Gasteiger partial charge on any atom is 0.338 e. The van der Waals surface area contributed by atoms with E-state index in [1.165, 1.54) is 4.90 Å². The Labute approximate surface area is 195 Å². The van der Waals surface area contributed by atoms with E-state index in [1.807, 2.05) is 0 Å². The third-order valence-corrected chi connectivity index (χ3v) is 5.67. The molecule has 1 heterocycles. The highest BCUT2D eigenvalue weighted by Crippen LogP contribution is 2.34. The molecule has 0 aliphatic carbocycles. The Bertz CT molecular complexity index is 1030. The number of amides is 2. The Morgan fingerprint density at radius 2 is 1.87 bits per heavy atom. The van der Waals surface area contributed by atoms with Crippen molar-refractivity contribution in [2.45, 2.75) is 19.9 Å². The minimum atomic E-state index is -0.776. The second-order valence-corrected chi connectivity index (χ2v) is 7.88. The first-order valence-electron chi connectivity index (χ1n) is 9.67. The molecule has 0 radical (unpaired) electrons. The average Bonchev–Trinajstić information content (AvgIpc) is 2.74. The average molecular weight is 484 g/mol. The Morgan fingerprint density at radius 3 is 2.52 bits per heavy atom. The largest absolute Gasteiger partial charge is 0.487 e. The molecular weight excluding hydrogens is 463 g/mol. The predicted molar refractivity (Wildman–Crippen MR) is 121 cm³/mol. The lowest BCUT2D eigenvalue weighted by molar-refractivity contribution is -0.139. The fourth-order valence-corrected chi connectivity index (χ4v) is 3.78. The predicted octanol–water partition coefficient (Wildman–Crippen LogP) is 5.63. The van der Waals surface area contributed by atoms with Gasteiger partial charge >= 0.3 is 12.0 Å². The van der Waals surface area contributed by atoms with Crippen LogP contribution in [0.25, 0.3) is 0 Å². The van der Waals surface area contributed by atoms with Crippen LogP contribution in [0.4, 0.5) is 4.79 Å². The fourth-order valence-electron chi connectivity index (χ4n) is 3.29. The molecule has 0 saturated carbocycles. The Kier molecular flexibility index (Phi) is 7.70. The summed E-state index contributed by atoms with van der Waals surface area (Å²) in [5.41, 5.74) is 1.27. The Balaban J connectivity index is 2.08. The summed E-state index contributed by atoms with van der Waals surface area (Å²) in [7, 11) is 0. The van der Waals surface area contributed by atoms with Gasteiger partial charge in [0, 0.05) is 11.6 Å². The number of benzene rings is 2. The zero-order valence-electron chi connectivity index (χ0n) is 17.0. The van der Waals surface area contributed by atoms with Crippen LogP contribution in [-0.4, -0.2) is 36.7 Å². The number of rotatable bonds is 7. The summed E-state index contributed by atoms with van der Waals surface area (Å²) in [6, 6.07) is 10.7. The van der Waals surface area contributed by atoms with Crippen molar-refractivity contribution in [3.8, 4) is 5.75 Å². The first kappa shape index (κ1) is 23.3. The van der Waals surface area contributed by atoms with Crippen molar-refractivity contribution in [2.75, 3.05) is 19.8 Å². The third kappa shape index (κ3) is 5.26. The molecule has 1 aliphatic heterocycles. The molecule has 1 aliphatic rings. The molecule has 0 spiro atoms. The lowest BCUT2D eigenvalue weighted by atomic mass is 9.94. The van der Waals surface area contributed by atoms with Crippen molar-refractivity contribution in [2.24, 2.45) is 0 Å². The van der Waals surface area contributed by atoms with E-state index < -0.39 is 12.0 Å². The van der Waals surface area contributed by atoms with Crippen LogP contribution < -0.4 is 10.1 Å². The van der Waals surface area contributed by atoms with Gasteiger partial charge in [-0.25, -0.2) is 9.59 Å². The molecule has 0 aromatic heterocycles. The van der Waals surface area contributed by atoms with Crippen molar-refractivity contribution < 1.29 is 19.1 Å². The van der Waals surface area contributed by atoms with Gasteiger partial charge in [-0.1, -0.05) is 46.9 Å². The summed E-state index contributed by atoms with van der Waals surface area (Å²) in [5.74, 6) is -0.0435. The molecule has 9 heteroatoms. The molecule has 0 unspecified atom stereocenters. The van der Waals surface area contributed by atoms with Gasteiger partial charge < -0.3 is 14.8 Å². The maximum absolute atomic E-state index is 13.0. The van der Waals surface area contributed by atoms with E-state index in [4.69, 9.17) is 44.3 Å². The Hall–Kier alpha value is -2.41. The zero-order valence-corrected chi connectivity index (χ0v) is 19.2. The number of likely N-dealkylation sites (N-methyl/N-ethyl adjacent to an activating group) is 1. The number of hydrogen-bond donors (Lipinski definition) is 1. The molecule has 31 heavy (non-hydrogen) atoms. The first-order valence-corrected chi connectivity index (χ1v) is 10.8. The first-order chi connectivity index (χ1) is 14.8. The van der Waals surface area contributed by atoms with Crippen LogP contribution in [0.2, 0.25) is 15.1 Å². The number of carbonyl (C=O) groups is 2. The van der Waals surface area contributed by atoms with Crippen LogP contribution in [0.3, 0.4) is 0 Å². The number of ether oxygens (including phenoxy) is 2. The van der Waals surface area contributed by atoms with Gasteiger partial charge in [-0.05, 0) is 49.7 Å². The van der Waals surface area contributed by atoms with Crippen LogP contribution in [-0.2, 0) is 9.53 Å². The van der Waals surface area contributed by atoms with E-state index in [2.05, 4.69) is 5.32 Å². The van der Waals surface area contributed by atoms with Crippen molar-refractivity contribution in [3.05, 3.63) is 74.4 Å². The van der Waals surface area contributed by atoms with E-state index in [9.17, 15) is 9.59 Å². The molecule has 6 nitrogen and oxygen atoms in total. The van der Waals surface area contributed by atoms with Gasteiger partial charge in [0.25, 0.3) is 0 Å². The van der Waals surface area contributed by atoms with E-state index in [1.54, 1.807) is 56.3 Å². The highest BCUT2D eigenvalue weighted by Gasteiger charge is 2.38. The van der Waals surface area contributed by atoms with Gasteiger partial charge in [0.15, 0.2) is 0 Å². The van der Waals surface area contributed by atoms with E-state index >= 15 is 0 Å². The van der Waals surface area contributed by atoms with Gasteiger partial charge in [-0.15, -0.1) is 0 Å². The van der Waals surface area contributed by atoms with E-state index in [0.29, 0.717) is 38.6 Å². The summed E-state index contributed by atoms with van der Waals surface area (Å²) in [6.07, 6.45) is 0. The number of urea groups is 1. The highest BCUT2D eigenvalue weighted by molar-refractivity contribution is 6.42. The van der Waals surface area contributed by atoms with Gasteiger partial charge in [-0.2, -0.15) is 0 Å². The molecule has 0 saturated heterocycles. The molecule has 1 N–H and O–H groups in total. The zero-order chi connectivity index (χ0) is 22.5. The minimum absolute atomic E-state index is 0.0342. The molecule has 0 bridgehead atoms. The fraction of sp³-hybridized carbons (Fsp3) is 0.273. The third-order valence-electron chi connectivity index (χ3n) is 4.70. The van der Waals surface area contributed by atoms with Gasteiger partial charge in [-0.3, -0.25) is 4.90 Å². The van der Waals surface area contributed by atoms with Crippen molar-refractivity contribution in [3.63, 3.8) is 0 Å². The monoisotopic (exact) mass is 482 g/mol. The van der Waals surface area contributed by atoms with Crippen molar-refractivity contribution in [1.82, 2.24) is 10.2 Å². The number of hydrogen-bond acceptors (Lipinski definition) is 4. The molecule has 3 rings (SSSR count). The summed E-state index contributed by atoms with van der Waals surface area (Å²) in [6.45, 7) is 4.00. The number of nitrogens with zero attached hydrogens (tertiary/aromatic N) is 1. The molecule has 1 atom stereocenters. The van der Waals surface area contributed by atoms with Gasteiger partial charge in [0.1, 0.15) is 12.4 Å². The molecule has 2 amide bonds. The Morgan fingerprint density at radius 1 is 1.10 bits per heavy atom. The normalized spacial score (nSPS) is 16.2. The number of esters is 1. The summed E-state index contributed by atoms with van der Waals surface area (Å²) in [5, 5.41) is 4.05. The van der Waals surface area contributed by atoms with Crippen LogP contribution in [0.15, 0.2) is 53.7 Å². The molecular formula is C22H21Cl3N2O4. The quantitative estimate of drug-likeness (QED) is 0.518. The number of halogens is 3. The minimum Gasteiger partial charge on any atom is -0.487 e. The van der Waals surface area contributed by atoms with Crippen LogP contribution in [0.1, 0.15) is 25.5 Å². The molecule has 0 fully saturated rings. The van der Waals surface area contributed by atoms with Gasteiger partial charge in [0.05, 0.1) is 34.0 Å². The standard InChI is InChI=1S/C22H21Cl3N2O4/c1-3-27-18(12-31-15-7-5-6-14(23)11-15)19(21(28)30-4-2)20(26-22(27)29)13-8-9-16(24)17(25)10-13/h5-11,20H,3-4,12H2,1-2H3,(H,26,29)/t20-/m0/s1. The molecule has 2 aromatic rings. The lowest BCUT2D eigenvalue weighted by Gasteiger charge is -2.36. The van der Waals surface area contributed by atoms with Crippen LogP contribution >= 0.6 is 34.8 Å². The summed E-state index contributed by atoms with van der Waals surface area (Å²) in [4.78, 5) is 27.3. The van der Waals surface area contributed by atoms with Crippen molar-refractivity contribution >= 4 is 46.8 Å². The van der Waals surface area contributed by atoms with E-state index in [-0.39, 0.29) is 24.8 Å². The lowest BCUT2D eigenvalue weighted by Crippen LogP contribution is -2.49. The number of carbonyl (C=O) groups excluding carboxylic acids is 2.